The van der Waals surface area contributed by atoms with E-state index in [9.17, 15) is 4.79 Å². The summed E-state index contributed by atoms with van der Waals surface area (Å²) in [6, 6.07) is 18.1. The molecule has 4 nitrogen and oxygen atoms in total. The Labute approximate surface area is 165 Å². The Morgan fingerprint density at radius 3 is 2.56 bits per heavy atom. The molecule has 0 atom stereocenters. The van der Waals surface area contributed by atoms with Gasteiger partial charge in [0.2, 0.25) is 0 Å². The minimum Gasteiger partial charge on any atom is -0.321 e. The lowest BCUT2D eigenvalue weighted by Crippen LogP contribution is -2.13. The summed E-state index contributed by atoms with van der Waals surface area (Å²) in [6.07, 6.45) is 3.25. The molecule has 27 heavy (non-hydrogen) atoms. The van der Waals surface area contributed by atoms with E-state index in [1.165, 1.54) is 0 Å². The zero-order valence-corrected chi connectivity index (χ0v) is 15.5. The van der Waals surface area contributed by atoms with Crippen LogP contribution in [-0.4, -0.2) is 15.9 Å². The molecule has 132 valence electrons. The van der Waals surface area contributed by atoms with Gasteiger partial charge in [0, 0.05) is 17.1 Å². The van der Waals surface area contributed by atoms with E-state index in [0.29, 0.717) is 27.0 Å². The number of pyridine rings is 2. The third kappa shape index (κ3) is 3.63. The molecule has 2 heterocycles. The van der Waals surface area contributed by atoms with Gasteiger partial charge >= 0.3 is 0 Å². The summed E-state index contributed by atoms with van der Waals surface area (Å²) in [5, 5.41) is 4.54. The van der Waals surface area contributed by atoms with Crippen LogP contribution in [0.4, 0.5) is 5.69 Å². The lowest BCUT2D eigenvalue weighted by Gasteiger charge is -2.11. The van der Waals surface area contributed by atoms with Gasteiger partial charge in [0.25, 0.3) is 5.91 Å². The van der Waals surface area contributed by atoms with E-state index in [1.807, 2.05) is 30.3 Å². The summed E-state index contributed by atoms with van der Waals surface area (Å²) < 4.78 is 0. The summed E-state index contributed by atoms with van der Waals surface area (Å²) in [6.45, 7) is 0. The number of fused-ring (bicyclic) bond motifs is 1. The van der Waals surface area contributed by atoms with Gasteiger partial charge in [0.15, 0.2) is 0 Å². The SMILES string of the molecule is O=C(Nc1cccnc1)c1cc(-c2ccc(Cl)c(Cl)c2)nc2ccccc12. The van der Waals surface area contributed by atoms with E-state index in [0.717, 1.165) is 16.5 Å². The number of amides is 1. The number of nitrogens with one attached hydrogen (secondary N) is 1. The molecule has 0 radical (unpaired) electrons. The van der Waals surface area contributed by atoms with Gasteiger partial charge in [-0.3, -0.25) is 9.78 Å². The lowest BCUT2D eigenvalue weighted by molar-refractivity contribution is 0.102. The normalized spacial score (nSPS) is 10.7. The van der Waals surface area contributed by atoms with Crippen molar-refractivity contribution in [3.8, 4) is 11.3 Å². The second-order valence-electron chi connectivity index (χ2n) is 5.90. The van der Waals surface area contributed by atoms with E-state index in [-0.39, 0.29) is 5.91 Å². The van der Waals surface area contributed by atoms with Crippen LogP contribution in [0.15, 0.2) is 73.1 Å². The number of aromatic nitrogens is 2. The molecule has 0 spiro atoms. The maximum atomic E-state index is 12.9. The Kier molecular flexibility index (Phi) is 4.75. The van der Waals surface area contributed by atoms with Crippen molar-refractivity contribution < 1.29 is 4.79 Å². The molecule has 4 aromatic rings. The van der Waals surface area contributed by atoms with Crippen molar-refractivity contribution in [3.63, 3.8) is 0 Å². The fraction of sp³-hybridized carbons (Fsp3) is 0. The maximum absolute atomic E-state index is 12.9. The van der Waals surface area contributed by atoms with Crippen LogP contribution in [0.5, 0.6) is 0 Å². The molecule has 0 fully saturated rings. The third-order valence-electron chi connectivity index (χ3n) is 4.10. The van der Waals surface area contributed by atoms with Gasteiger partial charge in [-0.05, 0) is 36.4 Å². The molecule has 1 N–H and O–H groups in total. The molecule has 0 aliphatic rings. The largest absolute Gasteiger partial charge is 0.321 e. The second-order valence-corrected chi connectivity index (χ2v) is 6.71. The lowest BCUT2D eigenvalue weighted by atomic mass is 10.0. The van der Waals surface area contributed by atoms with Gasteiger partial charge in [0.1, 0.15) is 0 Å². The highest BCUT2D eigenvalue weighted by Crippen LogP contribution is 2.30. The first-order valence-corrected chi connectivity index (χ1v) is 8.94. The van der Waals surface area contributed by atoms with Crippen LogP contribution in [-0.2, 0) is 0 Å². The van der Waals surface area contributed by atoms with Crippen LogP contribution in [0.2, 0.25) is 10.0 Å². The van der Waals surface area contributed by atoms with E-state index in [1.54, 1.807) is 42.7 Å². The molecule has 2 aromatic heterocycles. The molecule has 0 aliphatic carbocycles. The van der Waals surface area contributed by atoms with Crippen LogP contribution in [0.3, 0.4) is 0 Å². The quantitative estimate of drug-likeness (QED) is 0.474. The average molecular weight is 394 g/mol. The van der Waals surface area contributed by atoms with Crippen LogP contribution < -0.4 is 5.32 Å². The number of hydrogen-bond acceptors (Lipinski definition) is 3. The van der Waals surface area contributed by atoms with Crippen molar-refractivity contribution in [3.05, 3.63) is 88.7 Å². The molecule has 6 heteroatoms. The first-order chi connectivity index (χ1) is 13.1. The van der Waals surface area contributed by atoms with Gasteiger partial charge in [-0.1, -0.05) is 47.5 Å². The van der Waals surface area contributed by atoms with Crippen LogP contribution >= 0.6 is 23.2 Å². The topological polar surface area (TPSA) is 54.9 Å². The standard InChI is InChI=1S/C21H13Cl2N3O/c22-17-8-7-13(10-18(17)23)20-11-16(15-5-1-2-6-19(15)26-20)21(27)25-14-4-3-9-24-12-14/h1-12H,(H,25,27). The Morgan fingerprint density at radius 1 is 0.926 bits per heavy atom. The van der Waals surface area contributed by atoms with Crippen molar-refractivity contribution in [1.29, 1.82) is 0 Å². The summed E-state index contributed by atoms with van der Waals surface area (Å²) in [7, 11) is 0. The predicted octanol–water partition coefficient (Wildman–Crippen LogP) is 5.86. The summed E-state index contributed by atoms with van der Waals surface area (Å²) in [5.74, 6) is -0.233. The third-order valence-corrected chi connectivity index (χ3v) is 4.83. The van der Waals surface area contributed by atoms with Gasteiger partial charge in [-0.15, -0.1) is 0 Å². The fourth-order valence-corrected chi connectivity index (χ4v) is 3.10. The number of carbonyl (C=O) groups is 1. The van der Waals surface area contributed by atoms with Crippen LogP contribution in [0.1, 0.15) is 10.4 Å². The highest BCUT2D eigenvalue weighted by Gasteiger charge is 2.15. The summed E-state index contributed by atoms with van der Waals surface area (Å²) in [5.41, 5.74) is 3.29. The fourth-order valence-electron chi connectivity index (χ4n) is 2.80. The van der Waals surface area contributed by atoms with E-state index >= 15 is 0 Å². The minimum atomic E-state index is -0.233. The van der Waals surface area contributed by atoms with Crippen molar-refractivity contribution in [2.75, 3.05) is 5.32 Å². The van der Waals surface area contributed by atoms with E-state index in [2.05, 4.69) is 15.3 Å². The van der Waals surface area contributed by atoms with Crippen LogP contribution in [0, 0.1) is 0 Å². The highest BCUT2D eigenvalue weighted by atomic mass is 35.5. The number of nitrogens with zero attached hydrogens (tertiary/aromatic N) is 2. The van der Waals surface area contributed by atoms with Crippen molar-refractivity contribution in [2.45, 2.75) is 0 Å². The zero-order chi connectivity index (χ0) is 18.8. The number of halogens is 2. The smallest absolute Gasteiger partial charge is 0.256 e. The Morgan fingerprint density at radius 2 is 1.78 bits per heavy atom. The van der Waals surface area contributed by atoms with Crippen molar-refractivity contribution in [2.24, 2.45) is 0 Å². The summed E-state index contributed by atoms with van der Waals surface area (Å²) in [4.78, 5) is 21.6. The van der Waals surface area contributed by atoms with Gasteiger partial charge < -0.3 is 5.32 Å². The Hall–Kier alpha value is -2.95. The van der Waals surface area contributed by atoms with Crippen LogP contribution in [0.25, 0.3) is 22.2 Å². The number of hydrogen-bond donors (Lipinski definition) is 1. The Bertz CT molecular complexity index is 1150. The highest BCUT2D eigenvalue weighted by molar-refractivity contribution is 6.42. The number of anilines is 1. The molecule has 1 amide bonds. The maximum Gasteiger partial charge on any atom is 0.256 e. The molecule has 2 aromatic carbocycles. The number of carbonyl (C=O) groups excluding carboxylic acids is 1. The molecule has 0 bridgehead atoms. The molecule has 0 unspecified atom stereocenters. The molecule has 0 aliphatic heterocycles. The first-order valence-electron chi connectivity index (χ1n) is 8.18. The summed E-state index contributed by atoms with van der Waals surface area (Å²) >= 11 is 12.2. The van der Waals surface area contributed by atoms with E-state index < -0.39 is 0 Å². The Balaban J connectivity index is 1.83. The monoisotopic (exact) mass is 393 g/mol. The minimum absolute atomic E-state index is 0.233. The molecule has 0 saturated carbocycles. The predicted molar refractivity (Wildman–Crippen MR) is 109 cm³/mol. The zero-order valence-electron chi connectivity index (χ0n) is 14.0. The molecule has 0 saturated heterocycles. The average Bonchev–Trinajstić information content (AvgIpc) is 2.70. The number of para-hydroxylation sites is 1. The van der Waals surface area contributed by atoms with Gasteiger partial charge in [0.05, 0.1) is 38.7 Å². The van der Waals surface area contributed by atoms with Gasteiger partial charge in [-0.25, -0.2) is 4.98 Å². The second kappa shape index (κ2) is 7.35. The number of benzene rings is 2. The molecular formula is C21H13Cl2N3O. The van der Waals surface area contributed by atoms with Gasteiger partial charge in [-0.2, -0.15) is 0 Å². The van der Waals surface area contributed by atoms with Crippen molar-refractivity contribution in [1.82, 2.24) is 9.97 Å². The van der Waals surface area contributed by atoms with E-state index in [4.69, 9.17) is 23.2 Å². The molecule has 4 rings (SSSR count). The molecular weight excluding hydrogens is 381 g/mol. The number of rotatable bonds is 3. The first kappa shape index (κ1) is 17.5. The van der Waals surface area contributed by atoms with Crippen molar-refractivity contribution >= 4 is 45.7 Å².